The van der Waals surface area contributed by atoms with E-state index < -0.39 is 0 Å². The van der Waals surface area contributed by atoms with Crippen molar-refractivity contribution in [2.45, 2.75) is 0 Å². The van der Waals surface area contributed by atoms with E-state index in [1.165, 1.54) is 19.6 Å². The van der Waals surface area contributed by atoms with Gasteiger partial charge in [0.05, 0.1) is 19.6 Å². The normalized spacial score (nSPS) is 8.93. The minimum absolute atomic E-state index is 0.0451. The van der Waals surface area contributed by atoms with Crippen LogP contribution in [0.3, 0.4) is 0 Å². The van der Waals surface area contributed by atoms with Gasteiger partial charge in [0.2, 0.25) is 0 Å². The van der Waals surface area contributed by atoms with Crippen molar-refractivity contribution in [3.05, 3.63) is 25.7 Å². The maximum Gasteiger partial charge on any atom is 0.330 e. The van der Waals surface area contributed by atoms with Crippen LogP contribution in [0, 0.1) is 0 Å². The van der Waals surface area contributed by atoms with E-state index >= 15 is 0 Å². The van der Waals surface area contributed by atoms with Crippen LogP contribution in [0.2, 0.25) is 0 Å². The molecule has 0 aliphatic carbocycles. The molecule has 0 amide bonds. The Morgan fingerprint density at radius 3 is 1.71 bits per heavy atom. The number of ether oxygens (including phenoxy) is 3. The largest absolute Gasteiger partial charge is 0.467 e. The van der Waals surface area contributed by atoms with E-state index in [0.717, 1.165) is 0 Å². The van der Waals surface area contributed by atoms with Gasteiger partial charge >= 0.3 is 18.0 Å². The van der Waals surface area contributed by atoms with Gasteiger partial charge in [-0.05, 0) is 0 Å². The molecule has 0 fully saturated rings. The average molecular weight is 195 g/mol. The Hall–Kier alpha value is -2.11. The molecule has 0 saturated heterocycles. The Bertz CT molecular complexity index is 312. The van der Waals surface area contributed by atoms with Gasteiger partial charge in [-0.15, -0.1) is 15.0 Å². The van der Waals surface area contributed by atoms with Crippen molar-refractivity contribution < 1.29 is 14.2 Å². The summed E-state index contributed by atoms with van der Waals surface area (Å²) in [6, 6.07) is 0.182. The molecule has 0 spiro atoms. The molecule has 14 heavy (non-hydrogen) atoms. The lowest BCUT2D eigenvalue weighted by atomic mass is 10.9. The van der Waals surface area contributed by atoms with Gasteiger partial charge in [-0.3, -0.25) is 0 Å². The summed E-state index contributed by atoms with van der Waals surface area (Å²) < 4.78 is 14.5. The van der Waals surface area contributed by atoms with Crippen molar-refractivity contribution in [3.63, 3.8) is 0 Å². The lowest BCUT2D eigenvalue weighted by molar-refractivity contribution is 0.336. The maximum absolute atomic E-state index is 4.84. The first kappa shape index (κ1) is 9.97. The average Bonchev–Trinajstić information content (AvgIpc) is 2.18. The fourth-order valence-electron chi connectivity index (χ4n) is 0.666. The van der Waals surface area contributed by atoms with Crippen LogP contribution < -0.4 is 14.2 Å². The monoisotopic (exact) mass is 195 g/mol. The van der Waals surface area contributed by atoms with Crippen LogP contribution in [-0.4, -0.2) is 22.1 Å². The van der Waals surface area contributed by atoms with Crippen LogP contribution in [0.5, 0.6) is 18.0 Å². The summed E-state index contributed by atoms with van der Waals surface area (Å²) in [7, 11) is 1.42. The summed E-state index contributed by atoms with van der Waals surface area (Å²) in [4.78, 5) is 11.3. The third kappa shape index (κ3) is 2.44. The molecule has 0 aliphatic heterocycles. The van der Waals surface area contributed by atoms with Gasteiger partial charge < -0.3 is 14.2 Å². The van der Waals surface area contributed by atoms with E-state index in [1.54, 1.807) is 0 Å². The number of aromatic nitrogens is 3. The molecule has 0 aliphatic rings. The minimum atomic E-state index is 0.0451. The van der Waals surface area contributed by atoms with E-state index in [-0.39, 0.29) is 18.0 Å². The SMILES string of the molecule is C=COc1nc(OC)nc(OC=C)n1. The molecular formula is C8H9N3O3. The molecule has 0 radical (unpaired) electrons. The Kier molecular flexibility index (Phi) is 3.42. The molecule has 0 N–H and O–H groups in total. The van der Waals surface area contributed by atoms with Gasteiger partial charge in [-0.1, -0.05) is 13.2 Å². The summed E-state index contributed by atoms with van der Waals surface area (Å²) in [6.07, 6.45) is 2.37. The zero-order chi connectivity index (χ0) is 10.4. The van der Waals surface area contributed by atoms with E-state index in [0.29, 0.717) is 0 Å². The summed E-state index contributed by atoms with van der Waals surface area (Å²) in [5.74, 6) is 0. The van der Waals surface area contributed by atoms with Gasteiger partial charge in [0.15, 0.2) is 0 Å². The molecule has 6 nitrogen and oxygen atoms in total. The second-order valence-corrected chi connectivity index (χ2v) is 1.96. The van der Waals surface area contributed by atoms with Crippen LogP contribution >= 0.6 is 0 Å². The van der Waals surface area contributed by atoms with Crippen molar-refractivity contribution in [1.29, 1.82) is 0 Å². The third-order valence-electron chi connectivity index (χ3n) is 1.13. The molecule has 0 saturated carbocycles. The van der Waals surface area contributed by atoms with E-state index in [4.69, 9.17) is 14.2 Å². The van der Waals surface area contributed by atoms with Gasteiger partial charge in [0, 0.05) is 0 Å². The first-order valence-electron chi connectivity index (χ1n) is 3.65. The number of hydrogen-bond acceptors (Lipinski definition) is 6. The summed E-state index contributed by atoms with van der Waals surface area (Å²) in [6.45, 7) is 6.73. The number of rotatable bonds is 5. The highest BCUT2D eigenvalue weighted by molar-refractivity contribution is 5.09. The van der Waals surface area contributed by atoms with Crippen LogP contribution in [0.1, 0.15) is 0 Å². The number of methoxy groups -OCH3 is 1. The number of nitrogens with zero attached hydrogens (tertiary/aromatic N) is 3. The highest BCUT2D eigenvalue weighted by Crippen LogP contribution is 2.14. The third-order valence-corrected chi connectivity index (χ3v) is 1.13. The van der Waals surface area contributed by atoms with Crippen LogP contribution in [0.25, 0.3) is 0 Å². The second-order valence-electron chi connectivity index (χ2n) is 1.96. The first-order chi connectivity index (χ1) is 6.80. The fraction of sp³-hybridized carbons (Fsp3) is 0.125. The molecule has 0 unspecified atom stereocenters. The predicted molar refractivity (Wildman–Crippen MR) is 48.0 cm³/mol. The maximum atomic E-state index is 4.84. The Balaban J connectivity index is 2.99. The zero-order valence-corrected chi connectivity index (χ0v) is 7.64. The molecule has 1 aromatic heterocycles. The van der Waals surface area contributed by atoms with Crippen molar-refractivity contribution >= 4 is 0 Å². The summed E-state index contributed by atoms with van der Waals surface area (Å²) >= 11 is 0. The Labute approximate surface area is 80.9 Å². The Morgan fingerprint density at radius 1 is 0.929 bits per heavy atom. The number of hydrogen-bond donors (Lipinski definition) is 0. The van der Waals surface area contributed by atoms with Gasteiger partial charge in [0.1, 0.15) is 0 Å². The van der Waals surface area contributed by atoms with Crippen molar-refractivity contribution in [1.82, 2.24) is 15.0 Å². The quantitative estimate of drug-likeness (QED) is 0.651. The molecule has 1 aromatic rings. The van der Waals surface area contributed by atoms with Crippen LogP contribution in [-0.2, 0) is 0 Å². The molecule has 6 heteroatoms. The highest BCUT2D eigenvalue weighted by Gasteiger charge is 2.06. The standard InChI is InChI=1S/C8H9N3O3/c1-4-13-7-9-6(12-3)10-8(11-7)14-5-2/h4-5H,1-2H2,3H3. The zero-order valence-electron chi connectivity index (χ0n) is 7.64. The highest BCUT2D eigenvalue weighted by atomic mass is 16.5. The minimum Gasteiger partial charge on any atom is -0.467 e. The van der Waals surface area contributed by atoms with Crippen molar-refractivity contribution in [2.75, 3.05) is 7.11 Å². The first-order valence-corrected chi connectivity index (χ1v) is 3.65. The fourth-order valence-corrected chi connectivity index (χ4v) is 0.666. The van der Waals surface area contributed by atoms with E-state index in [9.17, 15) is 0 Å². The molecule has 74 valence electrons. The molecule has 0 bridgehead atoms. The van der Waals surface area contributed by atoms with Crippen LogP contribution in [0.15, 0.2) is 25.7 Å². The smallest absolute Gasteiger partial charge is 0.330 e. The predicted octanol–water partition coefficient (Wildman–Crippen LogP) is 0.925. The molecule has 0 atom stereocenters. The Morgan fingerprint density at radius 2 is 1.36 bits per heavy atom. The summed E-state index contributed by atoms with van der Waals surface area (Å²) in [5, 5.41) is 0. The molecular weight excluding hydrogens is 186 g/mol. The van der Waals surface area contributed by atoms with Crippen molar-refractivity contribution in [3.8, 4) is 18.0 Å². The van der Waals surface area contributed by atoms with Crippen molar-refractivity contribution in [2.24, 2.45) is 0 Å². The lowest BCUT2D eigenvalue weighted by Crippen LogP contribution is -2.00. The van der Waals surface area contributed by atoms with E-state index in [2.05, 4.69) is 28.1 Å². The van der Waals surface area contributed by atoms with Gasteiger partial charge in [-0.2, -0.15) is 0 Å². The topological polar surface area (TPSA) is 66.4 Å². The van der Waals surface area contributed by atoms with E-state index in [1.807, 2.05) is 0 Å². The lowest BCUT2D eigenvalue weighted by Gasteiger charge is -2.02. The van der Waals surface area contributed by atoms with Crippen LogP contribution in [0.4, 0.5) is 0 Å². The molecule has 1 rings (SSSR count). The summed E-state index contributed by atoms with van der Waals surface area (Å²) in [5.41, 5.74) is 0. The molecule has 0 aromatic carbocycles. The second kappa shape index (κ2) is 4.80. The van der Waals surface area contributed by atoms with Gasteiger partial charge in [0.25, 0.3) is 0 Å². The molecule has 1 heterocycles. The van der Waals surface area contributed by atoms with Gasteiger partial charge in [-0.25, -0.2) is 0 Å².